The van der Waals surface area contributed by atoms with Gasteiger partial charge in [0.05, 0.1) is 7.11 Å². The molecule has 5 nitrogen and oxygen atoms in total. The number of nitrogens with two attached hydrogens (primary N) is 1. The summed E-state index contributed by atoms with van der Waals surface area (Å²) in [7, 11) is 1.59. The SMILES string of the molecule is CCN(N)C(=O)Nc1ccc(OC)cc1. The minimum absolute atomic E-state index is 0.331. The third-order valence-corrected chi connectivity index (χ3v) is 1.94. The molecule has 3 N–H and O–H groups in total. The predicted molar refractivity (Wildman–Crippen MR) is 58.6 cm³/mol. The summed E-state index contributed by atoms with van der Waals surface area (Å²) in [5.74, 6) is 6.16. The summed E-state index contributed by atoms with van der Waals surface area (Å²) in [6, 6.07) is 6.70. The van der Waals surface area contributed by atoms with Crippen LogP contribution < -0.4 is 15.9 Å². The van der Waals surface area contributed by atoms with E-state index in [1.54, 1.807) is 38.3 Å². The Morgan fingerprint density at radius 1 is 1.47 bits per heavy atom. The molecule has 0 radical (unpaired) electrons. The van der Waals surface area contributed by atoms with Crippen LogP contribution in [0.1, 0.15) is 6.92 Å². The monoisotopic (exact) mass is 209 g/mol. The number of amides is 2. The highest BCUT2D eigenvalue weighted by atomic mass is 16.5. The first kappa shape index (κ1) is 11.3. The minimum atomic E-state index is -0.331. The third-order valence-electron chi connectivity index (χ3n) is 1.94. The molecule has 15 heavy (non-hydrogen) atoms. The van der Waals surface area contributed by atoms with Crippen molar-refractivity contribution in [1.29, 1.82) is 0 Å². The molecule has 1 aromatic rings. The smallest absolute Gasteiger partial charge is 0.335 e. The largest absolute Gasteiger partial charge is 0.497 e. The summed E-state index contributed by atoms with van der Waals surface area (Å²) in [4.78, 5) is 11.4. The predicted octanol–water partition coefficient (Wildman–Crippen LogP) is 1.42. The van der Waals surface area contributed by atoms with Crippen LogP contribution in [-0.2, 0) is 0 Å². The average Bonchev–Trinajstić information content (AvgIpc) is 2.29. The fraction of sp³-hybridized carbons (Fsp3) is 0.300. The molecule has 1 rings (SSSR count). The van der Waals surface area contributed by atoms with E-state index in [1.165, 1.54) is 0 Å². The summed E-state index contributed by atoms with van der Waals surface area (Å²) in [5, 5.41) is 3.75. The number of methoxy groups -OCH3 is 1. The highest BCUT2D eigenvalue weighted by molar-refractivity contribution is 5.88. The van der Waals surface area contributed by atoms with Crippen LogP contribution >= 0.6 is 0 Å². The molecule has 82 valence electrons. The van der Waals surface area contributed by atoms with E-state index in [0.29, 0.717) is 12.2 Å². The Morgan fingerprint density at radius 3 is 2.53 bits per heavy atom. The van der Waals surface area contributed by atoms with Gasteiger partial charge in [-0.05, 0) is 31.2 Å². The van der Waals surface area contributed by atoms with Crippen LogP contribution in [-0.4, -0.2) is 24.7 Å². The van der Waals surface area contributed by atoms with Crippen molar-refractivity contribution in [1.82, 2.24) is 5.01 Å². The molecule has 5 heteroatoms. The van der Waals surface area contributed by atoms with Crippen LogP contribution in [0.5, 0.6) is 5.75 Å². The molecule has 2 amide bonds. The molecule has 0 aliphatic carbocycles. The summed E-state index contributed by atoms with van der Waals surface area (Å²) < 4.78 is 4.99. The molecule has 0 heterocycles. The zero-order chi connectivity index (χ0) is 11.3. The zero-order valence-electron chi connectivity index (χ0n) is 8.86. The maximum Gasteiger partial charge on any atom is 0.335 e. The van der Waals surface area contributed by atoms with E-state index in [-0.39, 0.29) is 6.03 Å². The van der Waals surface area contributed by atoms with E-state index in [0.717, 1.165) is 10.8 Å². The van der Waals surface area contributed by atoms with Crippen LogP contribution in [0.3, 0.4) is 0 Å². The lowest BCUT2D eigenvalue weighted by Gasteiger charge is -2.14. The van der Waals surface area contributed by atoms with Crippen molar-refractivity contribution in [3.05, 3.63) is 24.3 Å². The standard InChI is InChI=1S/C10H15N3O2/c1-3-13(11)10(14)12-8-4-6-9(15-2)7-5-8/h4-7H,3,11H2,1-2H3,(H,12,14). The molecule has 0 fully saturated rings. The fourth-order valence-electron chi connectivity index (χ4n) is 1.01. The third kappa shape index (κ3) is 3.14. The van der Waals surface area contributed by atoms with E-state index in [2.05, 4.69) is 5.32 Å². The Bertz CT molecular complexity index is 324. The number of hydrazine groups is 1. The molecule has 0 unspecified atom stereocenters. The summed E-state index contributed by atoms with van der Waals surface area (Å²) >= 11 is 0. The number of hydrogen-bond acceptors (Lipinski definition) is 3. The van der Waals surface area contributed by atoms with Gasteiger partial charge in [-0.1, -0.05) is 0 Å². The van der Waals surface area contributed by atoms with Gasteiger partial charge in [-0.15, -0.1) is 0 Å². The summed E-state index contributed by atoms with van der Waals surface area (Å²) in [6.45, 7) is 2.26. The highest BCUT2D eigenvalue weighted by Gasteiger charge is 2.06. The van der Waals surface area contributed by atoms with Gasteiger partial charge in [-0.3, -0.25) is 5.01 Å². The number of ether oxygens (including phenoxy) is 1. The second kappa shape index (κ2) is 5.21. The topological polar surface area (TPSA) is 67.6 Å². The van der Waals surface area contributed by atoms with Gasteiger partial charge in [0.15, 0.2) is 0 Å². The molecule has 1 aromatic carbocycles. The maximum atomic E-state index is 11.4. The Hall–Kier alpha value is -1.75. The maximum absolute atomic E-state index is 11.4. The molecule has 0 spiro atoms. The van der Waals surface area contributed by atoms with Crippen molar-refractivity contribution in [2.75, 3.05) is 19.0 Å². The number of carbonyl (C=O) groups is 1. The van der Waals surface area contributed by atoms with Crippen LogP contribution in [0, 0.1) is 0 Å². The van der Waals surface area contributed by atoms with Crippen molar-refractivity contribution in [2.24, 2.45) is 5.84 Å². The minimum Gasteiger partial charge on any atom is -0.497 e. The van der Waals surface area contributed by atoms with E-state index in [9.17, 15) is 4.79 Å². The lowest BCUT2D eigenvalue weighted by Crippen LogP contribution is -2.40. The molecule has 0 aliphatic rings. The molecular weight excluding hydrogens is 194 g/mol. The van der Waals surface area contributed by atoms with Gasteiger partial charge in [0.2, 0.25) is 0 Å². The zero-order valence-corrected chi connectivity index (χ0v) is 8.86. The van der Waals surface area contributed by atoms with Crippen molar-refractivity contribution in [3.8, 4) is 5.75 Å². The van der Waals surface area contributed by atoms with E-state index in [4.69, 9.17) is 10.6 Å². The number of nitrogens with one attached hydrogen (secondary N) is 1. The van der Waals surface area contributed by atoms with Gasteiger partial charge in [-0.25, -0.2) is 10.6 Å². The fourth-order valence-corrected chi connectivity index (χ4v) is 1.01. The van der Waals surface area contributed by atoms with Crippen molar-refractivity contribution in [3.63, 3.8) is 0 Å². The number of urea groups is 1. The number of rotatable bonds is 3. The van der Waals surface area contributed by atoms with Crippen LogP contribution in [0.2, 0.25) is 0 Å². The first-order chi connectivity index (χ1) is 7.17. The number of anilines is 1. The molecular formula is C10H15N3O2. The molecule has 0 saturated carbocycles. The number of carbonyl (C=O) groups excluding carboxylic acids is 1. The van der Waals surface area contributed by atoms with Crippen LogP contribution in [0.4, 0.5) is 10.5 Å². The van der Waals surface area contributed by atoms with Gasteiger partial charge in [0.25, 0.3) is 0 Å². The molecule has 0 atom stereocenters. The molecule has 0 saturated heterocycles. The van der Waals surface area contributed by atoms with Gasteiger partial charge in [-0.2, -0.15) is 0 Å². The second-order valence-electron chi connectivity index (χ2n) is 2.94. The molecule has 0 aromatic heterocycles. The van der Waals surface area contributed by atoms with E-state index < -0.39 is 0 Å². The highest BCUT2D eigenvalue weighted by Crippen LogP contribution is 2.14. The van der Waals surface area contributed by atoms with Gasteiger partial charge in [0, 0.05) is 12.2 Å². The van der Waals surface area contributed by atoms with Gasteiger partial charge < -0.3 is 10.1 Å². The molecule has 0 bridgehead atoms. The van der Waals surface area contributed by atoms with Crippen LogP contribution in [0.25, 0.3) is 0 Å². The first-order valence-corrected chi connectivity index (χ1v) is 4.64. The lowest BCUT2D eigenvalue weighted by molar-refractivity contribution is 0.215. The summed E-state index contributed by atoms with van der Waals surface area (Å²) in [6.07, 6.45) is 0. The Balaban J connectivity index is 2.61. The second-order valence-corrected chi connectivity index (χ2v) is 2.94. The van der Waals surface area contributed by atoms with Crippen molar-refractivity contribution in [2.45, 2.75) is 6.92 Å². The van der Waals surface area contributed by atoms with Crippen molar-refractivity contribution >= 4 is 11.7 Å². The quantitative estimate of drug-likeness (QED) is 0.449. The molecule has 0 aliphatic heterocycles. The van der Waals surface area contributed by atoms with Gasteiger partial charge >= 0.3 is 6.03 Å². The Labute approximate surface area is 88.8 Å². The summed E-state index contributed by atoms with van der Waals surface area (Å²) in [5.41, 5.74) is 0.685. The van der Waals surface area contributed by atoms with E-state index >= 15 is 0 Å². The normalized spacial score (nSPS) is 9.53. The first-order valence-electron chi connectivity index (χ1n) is 4.64. The Kier molecular flexibility index (Phi) is 3.93. The number of benzene rings is 1. The lowest BCUT2D eigenvalue weighted by atomic mass is 10.3. The Morgan fingerprint density at radius 2 is 2.07 bits per heavy atom. The number of hydrogen-bond donors (Lipinski definition) is 2. The number of nitrogens with zero attached hydrogens (tertiary/aromatic N) is 1. The average molecular weight is 209 g/mol. The van der Waals surface area contributed by atoms with Gasteiger partial charge in [0.1, 0.15) is 5.75 Å². The van der Waals surface area contributed by atoms with Crippen molar-refractivity contribution < 1.29 is 9.53 Å². The van der Waals surface area contributed by atoms with E-state index in [1.807, 2.05) is 0 Å². The van der Waals surface area contributed by atoms with Crippen LogP contribution in [0.15, 0.2) is 24.3 Å².